The number of nitrogens with one attached hydrogen (secondary N) is 1. The molecule has 0 aliphatic carbocycles. The fourth-order valence-corrected chi connectivity index (χ4v) is 2.12. The molecule has 5 nitrogen and oxygen atoms in total. The van der Waals surface area contributed by atoms with Gasteiger partial charge in [-0.05, 0) is 41.3 Å². The van der Waals surface area contributed by atoms with Gasteiger partial charge in [-0.25, -0.2) is 0 Å². The zero-order valence-corrected chi connectivity index (χ0v) is 13.3. The van der Waals surface area contributed by atoms with E-state index in [4.69, 9.17) is 5.26 Å². The monoisotopic (exact) mass is 322 g/mol. The van der Waals surface area contributed by atoms with Crippen molar-refractivity contribution in [3.63, 3.8) is 0 Å². The summed E-state index contributed by atoms with van der Waals surface area (Å²) in [6.45, 7) is 2.39. The molecule has 0 aromatic heterocycles. The predicted octanol–water partition coefficient (Wildman–Crippen LogP) is 2.88. The van der Waals surface area contributed by atoms with E-state index < -0.39 is 5.91 Å². The van der Waals surface area contributed by atoms with Crippen LogP contribution in [0.25, 0.3) is 6.08 Å². The summed E-state index contributed by atoms with van der Waals surface area (Å²) in [6.07, 6.45) is 2.31. The minimum Gasteiger partial charge on any atom is -0.504 e. The number of nitrogens with zero attached hydrogens (tertiary/aromatic N) is 1. The number of nitriles is 1. The molecule has 2 aromatic carbocycles. The SMILES string of the molecule is CCc1ccc(CNC(=O)/C(C#N)=C/c2ccc(O)c(O)c2)cc1. The second kappa shape index (κ2) is 7.84. The van der Waals surface area contributed by atoms with Gasteiger partial charge in [-0.2, -0.15) is 5.26 Å². The second-order valence-corrected chi connectivity index (χ2v) is 5.27. The quantitative estimate of drug-likeness (QED) is 0.448. The summed E-state index contributed by atoms with van der Waals surface area (Å²) >= 11 is 0. The molecule has 24 heavy (non-hydrogen) atoms. The summed E-state index contributed by atoms with van der Waals surface area (Å²) in [6, 6.07) is 13.8. The van der Waals surface area contributed by atoms with Crippen molar-refractivity contribution >= 4 is 12.0 Å². The number of aromatic hydroxyl groups is 2. The smallest absolute Gasteiger partial charge is 0.262 e. The van der Waals surface area contributed by atoms with Crippen LogP contribution >= 0.6 is 0 Å². The summed E-state index contributed by atoms with van der Waals surface area (Å²) in [5.74, 6) is -1.06. The van der Waals surface area contributed by atoms with Crippen LogP contribution in [-0.2, 0) is 17.8 Å². The Labute approximate surface area is 140 Å². The summed E-state index contributed by atoms with van der Waals surface area (Å²) in [4.78, 5) is 12.1. The maximum absolute atomic E-state index is 12.1. The number of carbonyl (C=O) groups excluding carboxylic acids is 1. The van der Waals surface area contributed by atoms with E-state index in [9.17, 15) is 15.0 Å². The van der Waals surface area contributed by atoms with Crippen LogP contribution in [0.4, 0.5) is 0 Å². The van der Waals surface area contributed by atoms with Crippen LogP contribution in [0.1, 0.15) is 23.6 Å². The third-order valence-electron chi connectivity index (χ3n) is 3.56. The van der Waals surface area contributed by atoms with Crippen molar-refractivity contribution < 1.29 is 15.0 Å². The number of carbonyl (C=O) groups is 1. The topological polar surface area (TPSA) is 93.4 Å². The molecule has 0 spiro atoms. The van der Waals surface area contributed by atoms with Gasteiger partial charge in [0, 0.05) is 6.54 Å². The van der Waals surface area contributed by atoms with Gasteiger partial charge in [0.2, 0.25) is 0 Å². The average Bonchev–Trinajstić information content (AvgIpc) is 2.61. The normalized spacial score (nSPS) is 10.9. The number of rotatable bonds is 5. The molecule has 0 heterocycles. The molecule has 122 valence electrons. The standard InChI is InChI=1S/C19H18N2O3/c1-2-13-3-5-14(6-4-13)12-21-19(24)16(11-20)9-15-7-8-17(22)18(23)10-15/h3-10,22-23H,2,12H2,1H3,(H,21,24)/b16-9+. The Kier molecular flexibility index (Phi) is 5.58. The summed E-state index contributed by atoms with van der Waals surface area (Å²) in [7, 11) is 0. The van der Waals surface area contributed by atoms with Gasteiger partial charge >= 0.3 is 0 Å². The molecule has 0 aliphatic rings. The number of hydrogen-bond donors (Lipinski definition) is 3. The van der Waals surface area contributed by atoms with E-state index in [-0.39, 0.29) is 17.1 Å². The highest BCUT2D eigenvalue weighted by Gasteiger charge is 2.09. The van der Waals surface area contributed by atoms with Crippen LogP contribution in [0.15, 0.2) is 48.0 Å². The van der Waals surface area contributed by atoms with E-state index in [1.165, 1.54) is 29.8 Å². The summed E-state index contributed by atoms with van der Waals surface area (Å²) < 4.78 is 0. The first-order valence-corrected chi connectivity index (χ1v) is 7.53. The molecule has 0 radical (unpaired) electrons. The van der Waals surface area contributed by atoms with Crippen molar-refractivity contribution in [2.45, 2.75) is 19.9 Å². The number of benzene rings is 2. The molecule has 0 saturated heterocycles. The number of phenols is 2. The maximum Gasteiger partial charge on any atom is 0.262 e. The molecule has 0 bridgehead atoms. The molecular weight excluding hydrogens is 304 g/mol. The van der Waals surface area contributed by atoms with Gasteiger partial charge in [-0.3, -0.25) is 4.79 Å². The average molecular weight is 322 g/mol. The van der Waals surface area contributed by atoms with Crippen molar-refractivity contribution in [2.75, 3.05) is 0 Å². The van der Waals surface area contributed by atoms with Crippen molar-refractivity contribution in [3.05, 3.63) is 64.7 Å². The Morgan fingerprint density at radius 2 is 1.79 bits per heavy atom. The first kappa shape index (κ1) is 17.1. The molecule has 2 aromatic rings. The summed E-state index contributed by atoms with van der Waals surface area (Å²) in [5, 5.41) is 30.6. The zero-order valence-electron chi connectivity index (χ0n) is 13.3. The van der Waals surface area contributed by atoms with Gasteiger partial charge in [0.1, 0.15) is 11.6 Å². The van der Waals surface area contributed by atoms with Gasteiger partial charge in [-0.15, -0.1) is 0 Å². The van der Waals surface area contributed by atoms with Crippen LogP contribution in [0, 0.1) is 11.3 Å². The van der Waals surface area contributed by atoms with Crippen LogP contribution < -0.4 is 5.32 Å². The Morgan fingerprint density at radius 3 is 2.38 bits per heavy atom. The number of phenolic OH excluding ortho intramolecular Hbond substituents is 2. The highest BCUT2D eigenvalue weighted by Crippen LogP contribution is 2.25. The van der Waals surface area contributed by atoms with Crippen LogP contribution in [0.5, 0.6) is 11.5 Å². The number of hydrogen-bond acceptors (Lipinski definition) is 4. The van der Waals surface area contributed by atoms with Gasteiger partial charge in [0.05, 0.1) is 0 Å². The van der Waals surface area contributed by atoms with Gasteiger partial charge < -0.3 is 15.5 Å². The van der Waals surface area contributed by atoms with E-state index >= 15 is 0 Å². The van der Waals surface area contributed by atoms with Crippen LogP contribution in [0.3, 0.4) is 0 Å². The van der Waals surface area contributed by atoms with Crippen molar-refractivity contribution in [2.24, 2.45) is 0 Å². The number of amides is 1. The zero-order chi connectivity index (χ0) is 17.5. The van der Waals surface area contributed by atoms with Crippen LogP contribution in [0.2, 0.25) is 0 Å². The van der Waals surface area contributed by atoms with Gasteiger partial charge in [0.15, 0.2) is 11.5 Å². The summed E-state index contributed by atoms with van der Waals surface area (Å²) in [5.41, 5.74) is 2.53. The lowest BCUT2D eigenvalue weighted by atomic mass is 10.1. The molecule has 0 saturated carbocycles. The lowest BCUT2D eigenvalue weighted by molar-refractivity contribution is -0.117. The van der Waals surface area contributed by atoms with Gasteiger partial charge in [-0.1, -0.05) is 37.3 Å². The Bertz CT molecular complexity index is 802. The predicted molar refractivity (Wildman–Crippen MR) is 91.0 cm³/mol. The molecule has 0 unspecified atom stereocenters. The highest BCUT2D eigenvalue weighted by atomic mass is 16.3. The molecular formula is C19H18N2O3. The fraction of sp³-hybridized carbons (Fsp3) is 0.158. The van der Waals surface area contributed by atoms with E-state index in [0.717, 1.165) is 12.0 Å². The first-order valence-electron chi connectivity index (χ1n) is 7.53. The highest BCUT2D eigenvalue weighted by molar-refractivity contribution is 6.01. The third-order valence-corrected chi connectivity index (χ3v) is 3.56. The lowest BCUT2D eigenvalue weighted by Crippen LogP contribution is -2.23. The van der Waals surface area contributed by atoms with Crippen molar-refractivity contribution in [3.8, 4) is 17.6 Å². The van der Waals surface area contributed by atoms with E-state index in [1.54, 1.807) is 0 Å². The van der Waals surface area contributed by atoms with E-state index in [0.29, 0.717) is 12.1 Å². The number of aryl methyl sites for hydroxylation is 1. The second-order valence-electron chi connectivity index (χ2n) is 5.27. The molecule has 1 amide bonds. The molecule has 5 heteroatoms. The maximum atomic E-state index is 12.1. The van der Waals surface area contributed by atoms with Crippen LogP contribution in [-0.4, -0.2) is 16.1 Å². The molecule has 0 aliphatic heterocycles. The van der Waals surface area contributed by atoms with Gasteiger partial charge in [0.25, 0.3) is 5.91 Å². The minimum absolute atomic E-state index is 0.0785. The lowest BCUT2D eigenvalue weighted by Gasteiger charge is -2.06. The van der Waals surface area contributed by atoms with E-state index in [1.807, 2.05) is 30.3 Å². The van der Waals surface area contributed by atoms with E-state index in [2.05, 4.69) is 12.2 Å². The van der Waals surface area contributed by atoms with Crippen molar-refractivity contribution in [1.29, 1.82) is 5.26 Å². The first-order chi connectivity index (χ1) is 11.5. The Balaban J connectivity index is 2.06. The minimum atomic E-state index is -0.496. The molecule has 0 atom stereocenters. The fourth-order valence-electron chi connectivity index (χ4n) is 2.12. The molecule has 2 rings (SSSR count). The van der Waals surface area contributed by atoms with Crippen molar-refractivity contribution in [1.82, 2.24) is 5.32 Å². The largest absolute Gasteiger partial charge is 0.504 e. The Hall–Kier alpha value is -3.26. The third kappa shape index (κ3) is 4.37. The molecule has 0 fully saturated rings. The Morgan fingerprint density at radius 1 is 1.12 bits per heavy atom. The molecule has 3 N–H and O–H groups in total.